The molecule has 0 spiro atoms. The number of imidazole rings is 1. The smallest absolute Gasteiger partial charge is 0.224 e. The molecule has 0 aliphatic rings. The molecule has 6 heteroatoms. The Kier molecular flexibility index (Phi) is 3.01. The van der Waals surface area contributed by atoms with Gasteiger partial charge in [0.25, 0.3) is 0 Å². The number of aromatic nitrogens is 4. The quantitative estimate of drug-likeness (QED) is 0.680. The molecule has 0 fully saturated rings. The molecule has 3 rings (SSSR count). The molecule has 90 valence electrons. The molecule has 0 aliphatic heterocycles. The highest BCUT2D eigenvalue weighted by molar-refractivity contribution is 9.10. The third-order valence-corrected chi connectivity index (χ3v) is 3.58. The zero-order chi connectivity index (χ0) is 12.5. The Balaban J connectivity index is 2.05. The number of hydrogen-bond donors (Lipinski definition) is 0. The van der Waals surface area contributed by atoms with Gasteiger partial charge < -0.3 is 4.57 Å². The van der Waals surface area contributed by atoms with Crippen LogP contribution in [0.2, 0.25) is 5.28 Å². The van der Waals surface area contributed by atoms with Gasteiger partial charge in [-0.2, -0.15) is 4.98 Å². The molecule has 0 amide bonds. The van der Waals surface area contributed by atoms with Crippen molar-refractivity contribution in [2.24, 2.45) is 0 Å². The second-order valence-corrected chi connectivity index (χ2v) is 5.00. The SMILES string of the molecule is Clc1ncc2ncn(Cc3ccccc3Br)c2n1. The highest BCUT2D eigenvalue weighted by Gasteiger charge is 2.07. The van der Waals surface area contributed by atoms with Crippen LogP contribution in [0.5, 0.6) is 0 Å². The Labute approximate surface area is 117 Å². The van der Waals surface area contributed by atoms with Crippen LogP contribution in [0.25, 0.3) is 11.2 Å². The van der Waals surface area contributed by atoms with Crippen LogP contribution in [0, 0.1) is 0 Å². The maximum absolute atomic E-state index is 5.81. The molecule has 0 saturated carbocycles. The van der Waals surface area contributed by atoms with Crippen molar-refractivity contribution >= 4 is 38.7 Å². The van der Waals surface area contributed by atoms with Crippen molar-refractivity contribution in [3.63, 3.8) is 0 Å². The van der Waals surface area contributed by atoms with Crippen LogP contribution in [0.4, 0.5) is 0 Å². The fourth-order valence-corrected chi connectivity index (χ4v) is 2.30. The van der Waals surface area contributed by atoms with Crippen LogP contribution >= 0.6 is 27.5 Å². The van der Waals surface area contributed by atoms with Gasteiger partial charge >= 0.3 is 0 Å². The molecule has 0 bridgehead atoms. The topological polar surface area (TPSA) is 43.6 Å². The Morgan fingerprint density at radius 3 is 2.89 bits per heavy atom. The molecule has 2 aromatic heterocycles. The third kappa shape index (κ3) is 2.11. The van der Waals surface area contributed by atoms with Gasteiger partial charge in [-0.25, -0.2) is 9.97 Å². The first-order valence-electron chi connectivity index (χ1n) is 5.31. The van der Waals surface area contributed by atoms with Gasteiger partial charge in [-0.1, -0.05) is 34.1 Å². The van der Waals surface area contributed by atoms with Crippen molar-refractivity contribution in [3.8, 4) is 0 Å². The summed E-state index contributed by atoms with van der Waals surface area (Å²) in [5.41, 5.74) is 2.64. The predicted molar refractivity (Wildman–Crippen MR) is 73.6 cm³/mol. The minimum atomic E-state index is 0.233. The van der Waals surface area contributed by atoms with Gasteiger partial charge in [0.05, 0.1) is 19.1 Å². The van der Waals surface area contributed by atoms with Crippen molar-refractivity contribution < 1.29 is 0 Å². The van der Waals surface area contributed by atoms with Gasteiger partial charge in [-0.3, -0.25) is 0 Å². The van der Waals surface area contributed by atoms with Gasteiger partial charge in [-0.05, 0) is 23.2 Å². The fraction of sp³-hybridized carbons (Fsp3) is 0.0833. The van der Waals surface area contributed by atoms with E-state index < -0.39 is 0 Å². The summed E-state index contributed by atoms with van der Waals surface area (Å²) in [6.07, 6.45) is 3.37. The van der Waals surface area contributed by atoms with Crippen LogP contribution in [0.15, 0.2) is 41.3 Å². The normalized spacial score (nSPS) is 11.0. The summed E-state index contributed by atoms with van der Waals surface area (Å²) in [5.74, 6) is 0. The number of fused-ring (bicyclic) bond motifs is 1. The Morgan fingerprint density at radius 2 is 2.06 bits per heavy atom. The summed E-state index contributed by atoms with van der Waals surface area (Å²) in [4.78, 5) is 12.4. The van der Waals surface area contributed by atoms with Crippen molar-refractivity contribution in [2.75, 3.05) is 0 Å². The molecule has 0 N–H and O–H groups in total. The molecule has 2 heterocycles. The first-order valence-corrected chi connectivity index (χ1v) is 6.48. The molecule has 0 radical (unpaired) electrons. The van der Waals surface area contributed by atoms with Crippen LogP contribution in [0.3, 0.4) is 0 Å². The van der Waals surface area contributed by atoms with Crippen LogP contribution in [-0.2, 0) is 6.54 Å². The molecule has 0 unspecified atom stereocenters. The van der Waals surface area contributed by atoms with E-state index in [4.69, 9.17) is 11.6 Å². The average molecular weight is 324 g/mol. The number of rotatable bonds is 2. The molecule has 1 aromatic carbocycles. The summed E-state index contributed by atoms with van der Waals surface area (Å²) in [6, 6.07) is 8.05. The highest BCUT2D eigenvalue weighted by Crippen LogP contribution is 2.19. The lowest BCUT2D eigenvalue weighted by Gasteiger charge is -2.05. The lowest BCUT2D eigenvalue weighted by molar-refractivity contribution is 0.810. The van der Waals surface area contributed by atoms with Gasteiger partial charge in [0, 0.05) is 4.47 Å². The Morgan fingerprint density at radius 1 is 1.22 bits per heavy atom. The van der Waals surface area contributed by atoms with E-state index in [2.05, 4.69) is 36.9 Å². The second kappa shape index (κ2) is 4.66. The first-order chi connectivity index (χ1) is 8.74. The van der Waals surface area contributed by atoms with E-state index in [1.807, 2.05) is 22.8 Å². The number of hydrogen-bond acceptors (Lipinski definition) is 3. The third-order valence-electron chi connectivity index (χ3n) is 2.63. The molecule has 3 aromatic rings. The van der Waals surface area contributed by atoms with Crippen molar-refractivity contribution in [1.29, 1.82) is 0 Å². The number of nitrogens with zero attached hydrogens (tertiary/aromatic N) is 4. The first kappa shape index (κ1) is 11.6. The van der Waals surface area contributed by atoms with Gasteiger partial charge in [0.15, 0.2) is 5.65 Å². The Bertz CT molecular complexity index is 710. The lowest BCUT2D eigenvalue weighted by atomic mass is 10.2. The minimum Gasteiger partial charge on any atom is -0.311 e. The highest BCUT2D eigenvalue weighted by atomic mass is 79.9. The van der Waals surface area contributed by atoms with Gasteiger partial charge in [-0.15, -0.1) is 0 Å². The molecule has 0 saturated heterocycles. The second-order valence-electron chi connectivity index (χ2n) is 3.81. The summed E-state index contributed by atoms with van der Waals surface area (Å²) in [7, 11) is 0. The average Bonchev–Trinajstić information content (AvgIpc) is 2.75. The number of halogens is 2. The number of benzene rings is 1. The van der Waals surface area contributed by atoms with E-state index in [1.54, 1.807) is 12.5 Å². The molecule has 4 nitrogen and oxygen atoms in total. The lowest BCUT2D eigenvalue weighted by Crippen LogP contribution is -2.00. The largest absolute Gasteiger partial charge is 0.311 e. The molecular weight excluding hydrogens is 316 g/mol. The van der Waals surface area contributed by atoms with Crippen molar-refractivity contribution in [1.82, 2.24) is 19.5 Å². The summed E-state index contributed by atoms with van der Waals surface area (Å²) < 4.78 is 3.01. The molecule has 0 aliphatic carbocycles. The summed E-state index contributed by atoms with van der Waals surface area (Å²) in [5, 5.41) is 0.233. The van der Waals surface area contributed by atoms with Crippen LogP contribution in [-0.4, -0.2) is 19.5 Å². The zero-order valence-corrected chi connectivity index (χ0v) is 11.6. The molecule has 18 heavy (non-hydrogen) atoms. The van der Waals surface area contributed by atoms with Gasteiger partial charge in [0.2, 0.25) is 5.28 Å². The standard InChI is InChI=1S/C12H8BrClN4/c13-9-4-2-1-3-8(9)6-18-7-16-10-5-15-12(14)17-11(10)18/h1-5,7H,6H2. The Hall–Kier alpha value is -1.46. The monoisotopic (exact) mass is 322 g/mol. The van der Waals surface area contributed by atoms with Crippen LogP contribution < -0.4 is 0 Å². The van der Waals surface area contributed by atoms with E-state index in [0.29, 0.717) is 6.54 Å². The molecular formula is C12H8BrClN4. The van der Waals surface area contributed by atoms with Crippen LogP contribution in [0.1, 0.15) is 5.56 Å². The summed E-state index contributed by atoms with van der Waals surface area (Å²) >= 11 is 9.34. The van der Waals surface area contributed by atoms with E-state index in [-0.39, 0.29) is 5.28 Å². The maximum Gasteiger partial charge on any atom is 0.224 e. The molecule has 0 atom stereocenters. The van der Waals surface area contributed by atoms with E-state index in [0.717, 1.165) is 21.2 Å². The maximum atomic E-state index is 5.81. The minimum absolute atomic E-state index is 0.233. The predicted octanol–water partition coefficient (Wildman–Crippen LogP) is 3.29. The van der Waals surface area contributed by atoms with Crippen molar-refractivity contribution in [2.45, 2.75) is 6.54 Å². The van der Waals surface area contributed by atoms with Crippen molar-refractivity contribution in [3.05, 3.63) is 52.1 Å². The fourth-order valence-electron chi connectivity index (χ4n) is 1.76. The van der Waals surface area contributed by atoms with E-state index in [1.165, 1.54) is 0 Å². The zero-order valence-electron chi connectivity index (χ0n) is 9.22. The van der Waals surface area contributed by atoms with E-state index >= 15 is 0 Å². The summed E-state index contributed by atoms with van der Waals surface area (Å²) in [6.45, 7) is 0.686. The van der Waals surface area contributed by atoms with E-state index in [9.17, 15) is 0 Å². The van der Waals surface area contributed by atoms with Gasteiger partial charge in [0.1, 0.15) is 5.52 Å².